The molecule has 1 aromatic heterocycles. The fraction of sp³-hybridized carbons (Fsp3) is 0.185. The lowest BCUT2D eigenvalue weighted by molar-refractivity contribution is 0.0714. The van der Waals surface area contributed by atoms with Gasteiger partial charge in [0.1, 0.15) is 11.3 Å². The van der Waals surface area contributed by atoms with Gasteiger partial charge in [-0.3, -0.25) is 9.59 Å². The van der Waals surface area contributed by atoms with Crippen LogP contribution < -0.4 is 10.2 Å². The first kappa shape index (κ1) is 21.3. The van der Waals surface area contributed by atoms with Crippen molar-refractivity contribution in [3.63, 3.8) is 0 Å². The second-order valence-electron chi connectivity index (χ2n) is 8.02. The Labute approximate surface area is 196 Å². The maximum atomic E-state index is 13.6. The summed E-state index contributed by atoms with van der Waals surface area (Å²) in [5, 5.41) is 1.01. The predicted molar refractivity (Wildman–Crippen MR) is 128 cm³/mol. The Kier molecular flexibility index (Phi) is 5.65. The number of rotatable bonds is 6. The van der Waals surface area contributed by atoms with E-state index in [0.717, 1.165) is 17.5 Å². The average Bonchev–Trinajstić information content (AvgIpc) is 3.11. The summed E-state index contributed by atoms with van der Waals surface area (Å²) in [5.41, 5.74) is 2.11. The molecule has 0 unspecified atom stereocenters. The van der Waals surface area contributed by atoms with Crippen LogP contribution in [0.3, 0.4) is 0 Å². The normalized spacial score (nSPS) is 15.2. The van der Waals surface area contributed by atoms with Gasteiger partial charge in [0, 0.05) is 11.6 Å². The van der Waals surface area contributed by atoms with Gasteiger partial charge in [-0.25, -0.2) is 0 Å². The van der Waals surface area contributed by atoms with Crippen LogP contribution in [0.15, 0.2) is 82.0 Å². The third kappa shape index (κ3) is 3.79. The van der Waals surface area contributed by atoms with Crippen LogP contribution in [0, 0.1) is 0 Å². The van der Waals surface area contributed by atoms with Gasteiger partial charge in [0.2, 0.25) is 5.76 Å². The Morgan fingerprint density at radius 3 is 2.61 bits per heavy atom. The Bertz CT molecular complexity index is 1410. The van der Waals surface area contributed by atoms with Crippen LogP contribution in [0.2, 0.25) is 5.02 Å². The van der Waals surface area contributed by atoms with Crippen molar-refractivity contribution in [2.45, 2.75) is 25.9 Å². The van der Waals surface area contributed by atoms with E-state index in [1.165, 1.54) is 0 Å². The number of halogens is 1. The number of hydrogen-bond donors (Lipinski definition) is 0. The highest BCUT2D eigenvalue weighted by Gasteiger charge is 2.43. The van der Waals surface area contributed by atoms with Gasteiger partial charge >= 0.3 is 0 Å². The monoisotopic (exact) mass is 459 g/mol. The molecule has 1 aliphatic heterocycles. The van der Waals surface area contributed by atoms with Crippen LogP contribution in [-0.4, -0.2) is 17.4 Å². The quantitative estimate of drug-likeness (QED) is 0.356. The molecule has 5 rings (SSSR count). The first-order valence-electron chi connectivity index (χ1n) is 10.9. The third-order valence-electron chi connectivity index (χ3n) is 5.82. The van der Waals surface area contributed by atoms with E-state index >= 15 is 0 Å². The summed E-state index contributed by atoms with van der Waals surface area (Å²) in [4.78, 5) is 28.8. The number of hydrogen-bond acceptors (Lipinski definition) is 4. The van der Waals surface area contributed by atoms with E-state index in [9.17, 15) is 9.59 Å². The van der Waals surface area contributed by atoms with E-state index in [1.807, 2.05) is 49.4 Å². The van der Waals surface area contributed by atoms with E-state index < -0.39 is 6.04 Å². The lowest BCUT2D eigenvalue weighted by atomic mass is 9.98. The fourth-order valence-electron chi connectivity index (χ4n) is 4.28. The van der Waals surface area contributed by atoms with Crippen LogP contribution in [0.25, 0.3) is 11.0 Å². The molecule has 2 heterocycles. The first-order chi connectivity index (χ1) is 16.1. The largest absolute Gasteiger partial charge is 0.494 e. The zero-order valence-corrected chi connectivity index (χ0v) is 18.8. The van der Waals surface area contributed by atoms with E-state index in [2.05, 4.69) is 0 Å². The second-order valence-corrected chi connectivity index (χ2v) is 8.43. The lowest BCUT2D eigenvalue weighted by Gasteiger charge is -2.26. The van der Waals surface area contributed by atoms with Crippen molar-refractivity contribution in [2.24, 2.45) is 0 Å². The van der Waals surface area contributed by atoms with Gasteiger partial charge in [0.05, 0.1) is 23.6 Å². The van der Waals surface area contributed by atoms with Crippen molar-refractivity contribution in [1.82, 2.24) is 4.90 Å². The maximum Gasteiger partial charge on any atom is 0.291 e. The standard InChI is InChI=1S/C27H22ClNO4/c1-2-14-32-19-10-7-9-17(15-19)24-23-25(30)20-11-4-6-13-22(20)33-26(23)27(31)29(24)16-18-8-3-5-12-21(18)28/h3-13,15,24H,2,14,16H2,1H3/t24-/m1/s1. The highest BCUT2D eigenvalue weighted by Crippen LogP contribution is 2.40. The molecular formula is C27H22ClNO4. The summed E-state index contributed by atoms with van der Waals surface area (Å²) >= 11 is 6.41. The third-order valence-corrected chi connectivity index (χ3v) is 6.19. The summed E-state index contributed by atoms with van der Waals surface area (Å²) in [7, 11) is 0. The molecule has 5 nitrogen and oxygen atoms in total. The van der Waals surface area contributed by atoms with E-state index in [4.69, 9.17) is 20.8 Å². The van der Waals surface area contributed by atoms with Gasteiger partial charge in [0.15, 0.2) is 5.43 Å². The van der Waals surface area contributed by atoms with Crippen molar-refractivity contribution in [3.05, 3.63) is 110 Å². The minimum absolute atomic E-state index is 0.0793. The molecule has 0 fully saturated rings. The Balaban J connectivity index is 1.69. The van der Waals surface area contributed by atoms with E-state index in [1.54, 1.807) is 35.2 Å². The fourth-order valence-corrected chi connectivity index (χ4v) is 4.48. The molecule has 0 saturated heterocycles. The molecule has 0 bridgehead atoms. The average molecular weight is 460 g/mol. The maximum absolute atomic E-state index is 13.6. The minimum Gasteiger partial charge on any atom is -0.494 e. The van der Waals surface area contributed by atoms with Crippen molar-refractivity contribution in [3.8, 4) is 5.75 Å². The van der Waals surface area contributed by atoms with E-state index in [-0.39, 0.29) is 23.6 Å². The summed E-state index contributed by atoms with van der Waals surface area (Å²) < 4.78 is 11.8. The van der Waals surface area contributed by atoms with Gasteiger partial charge in [-0.05, 0) is 47.9 Å². The van der Waals surface area contributed by atoms with Crippen molar-refractivity contribution in [1.29, 1.82) is 0 Å². The molecule has 1 aliphatic rings. The summed E-state index contributed by atoms with van der Waals surface area (Å²) in [6.07, 6.45) is 0.878. The Morgan fingerprint density at radius 1 is 1.00 bits per heavy atom. The Morgan fingerprint density at radius 2 is 1.79 bits per heavy atom. The number of benzene rings is 3. The minimum atomic E-state index is -0.616. The lowest BCUT2D eigenvalue weighted by Crippen LogP contribution is -2.29. The predicted octanol–water partition coefficient (Wildman–Crippen LogP) is 5.98. The summed E-state index contributed by atoms with van der Waals surface area (Å²) in [6, 6.07) is 21.3. The number of carbonyl (C=O) groups is 1. The molecule has 6 heteroatoms. The SMILES string of the molecule is CCCOc1cccc([C@@H]2c3c(oc4ccccc4c3=O)C(=O)N2Cc2ccccc2Cl)c1. The van der Waals surface area contributed by atoms with Gasteiger partial charge in [-0.1, -0.05) is 61.0 Å². The van der Waals surface area contributed by atoms with Crippen LogP contribution >= 0.6 is 11.6 Å². The molecule has 0 radical (unpaired) electrons. The topological polar surface area (TPSA) is 59.8 Å². The molecule has 33 heavy (non-hydrogen) atoms. The molecule has 1 atom stereocenters. The number of para-hydroxylation sites is 1. The van der Waals surface area contributed by atoms with Crippen LogP contribution in [0.4, 0.5) is 0 Å². The highest BCUT2D eigenvalue weighted by atomic mass is 35.5. The molecule has 0 aliphatic carbocycles. The Hall–Kier alpha value is -3.57. The molecule has 1 amide bonds. The second kappa shape index (κ2) is 8.75. The zero-order chi connectivity index (χ0) is 22.9. The van der Waals surface area contributed by atoms with Crippen LogP contribution in [0.5, 0.6) is 5.75 Å². The molecule has 0 spiro atoms. The number of fused-ring (bicyclic) bond motifs is 2. The van der Waals surface area contributed by atoms with Gasteiger partial charge in [0.25, 0.3) is 5.91 Å². The van der Waals surface area contributed by atoms with Crippen LogP contribution in [-0.2, 0) is 6.54 Å². The molecule has 0 saturated carbocycles. The number of ether oxygens (including phenoxy) is 1. The van der Waals surface area contributed by atoms with Gasteiger partial charge in [-0.15, -0.1) is 0 Å². The van der Waals surface area contributed by atoms with Gasteiger partial charge in [-0.2, -0.15) is 0 Å². The molecule has 3 aromatic carbocycles. The van der Waals surface area contributed by atoms with Crippen molar-refractivity contribution < 1.29 is 13.9 Å². The number of nitrogens with zero attached hydrogens (tertiary/aromatic N) is 1. The summed E-state index contributed by atoms with van der Waals surface area (Å²) in [5.74, 6) is 0.436. The van der Waals surface area contributed by atoms with Crippen molar-refractivity contribution in [2.75, 3.05) is 6.61 Å². The zero-order valence-electron chi connectivity index (χ0n) is 18.1. The number of amides is 1. The molecule has 166 valence electrons. The van der Waals surface area contributed by atoms with Gasteiger partial charge < -0.3 is 14.1 Å². The van der Waals surface area contributed by atoms with Crippen LogP contribution in [0.1, 0.15) is 46.6 Å². The smallest absolute Gasteiger partial charge is 0.291 e. The molecule has 0 N–H and O–H groups in total. The highest BCUT2D eigenvalue weighted by molar-refractivity contribution is 6.31. The number of carbonyl (C=O) groups excluding carboxylic acids is 1. The first-order valence-corrected chi connectivity index (χ1v) is 11.3. The molecular weight excluding hydrogens is 438 g/mol. The van der Waals surface area contributed by atoms with Crippen molar-refractivity contribution >= 4 is 28.5 Å². The molecule has 4 aromatic rings. The summed E-state index contributed by atoms with van der Waals surface area (Å²) in [6.45, 7) is 2.86. The van der Waals surface area contributed by atoms with E-state index in [0.29, 0.717) is 33.9 Å².